The van der Waals surface area contributed by atoms with Gasteiger partial charge in [0.2, 0.25) is 0 Å². The molecular formula is C16H22N2O3. The van der Waals surface area contributed by atoms with E-state index in [0.717, 1.165) is 6.42 Å². The highest BCUT2D eigenvalue weighted by molar-refractivity contribution is 6.01. The van der Waals surface area contributed by atoms with Crippen molar-refractivity contribution in [3.05, 3.63) is 29.8 Å². The predicted octanol–water partition coefficient (Wildman–Crippen LogP) is 2.97. The van der Waals surface area contributed by atoms with E-state index in [1.165, 1.54) is 23.8 Å². The number of aromatic carboxylic acids is 1. The van der Waals surface area contributed by atoms with Gasteiger partial charge < -0.3 is 10.4 Å². The molecule has 1 aliphatic carbocycles. The van der Waals surface area contributed by atoms with Crippen molar-refractivity contribution in [2.24, 2.45) is 11.8 Å². The Morgan fingerprint density at radius 3 is 2.67 bits per heavy atom. The van der Waals surface area contributed by atoms with Crippen LogP contribution in [0.4, 0.5) is 10.5 Å². The van der Waals surface area contributed by atoms with Gasteiger partial charge in [-0.3, -0.25) is 4.90 Å². The van der Waals surface area contributed by atoms with Crippen LogP contribution >= 0.6 is 0 Å². The monoisotopic (exact) mass is 290 g/mol. The zero-order valence-electron chi connectivity index (χ0n) is 12.5. The van der Waals surface area contributed by atoms with Gasteiger partial charge in [0, 0.05) is 13.6 Å². The van der Waals surface area contributed by atoms with Gasteiger partial charge in [0.1, 0.15) is 0 Å². The number of hydrogen-bond acceptors (Lipinski definition) is 2. The van der Waals surface area contributed by atoms with Gasteiger partial charge in [-0.15, -0.1) is 0 Å². The van der Waals surface area contributed by atoms with E-state index in [9.17, 15) is 14.7 Å². The molecule has 5 nitrogen and oxygen atoms in total. The number of anilines is 1. The van der Waals surface area contributed by atoms with E-state index in [1.54, 1.807) is 25.2 Å². The van der Waals surface area contributed by atoms with E-state index >= 15 is 0 Å². The Morgan fingerprint density at radius 1 is 1.33 bits per heavy atom. The average molecular weight is 290 g/mol. The van der Waals surface area contributed by atoms with E-state index in [0.29, 0.717) is 24.1 Å². The van der Waals surface area contributed by atoms with Crippen molar-refractivity contribution < 1.29 is 14.7 Å². The lowest BCUT2D eigenvalue weighted by molar-refractivity contribution is 0.0697. The van der Waals surface area contributed by atoms with Gasteiger partial charge in [-0.1, -0.05) is 31.9 Å². The molecule has 0 aromatic heterocycles. The molecule has 1 aliphatic rings. The fourth-order valence-electron chi connectivity index (χ4n) is 2.92. The van der Waals surface area contributed by atoms with Gasteiger partial charge in [0.05, 0.1) is 11.3 Å². The Bertz CT molecular complexity index is 530. The summed E-state index contributed by atoms with van der Waals surface area (Å²) >= 11 is 0. The second-order valence-corrected chi connectivity index (χ2v) is 5.74. The molecule has 1 aromatic carbocycles. The maximum absolute atomic E-state index is 12.2. The lowest BCUT2D eigenvalue weighted by atomic mass is 9.98. The smallest absolute Gasteiger partial charge is 0.337 e. The van der Waals surface area contributed by atoms with Gasteiger partial charge in [-0.05, 0) is 30.4 Å². The highest BCUT2D eigenvalue weighted by Crippen LogP contribution is 2.30. The number of urea groups is 1. The number of carbonyl (C=O) groups excluding carboxylic acids is 1. The molecule has 0 aliphatic heterocycles. The van der Waals surface area contributed by atoms with E-state index in [1.807, 2.05) is 0 Å². The van der Waals surface area contributed by atoms with Crippen LogP contribution in [-0.2, 0) is 0 Å². The number of nitrogens with zero attached hydrogens (tertiary/aromatic N) is 1. The van der Waals surface area contributed by atoms with E-state index < -0.39 is 5.97 Å². The maximum atomic E-state index is 12.2. The Hall–Kier alpha value is -2.04. The minimum Gasteiger partial charge on any atom is -0.478 e. The van der Waals surface area contributed by atoms with Crippen LogP contribution in [0.5, 0.6) is 0 Å². The normalized spacial score (nSPS) is 21.0. The molecular weight excluding hydrogens is 268 g/mol. The first-order valence-corrected chi connectivity index (χ1v) is 7.34. The second kappa shape index (κ2) is 6.61. The van der Waals surface area contributed by atoms with Crippen LogP contribution in [0.2, 0.25) is 0 Å². The average Bonchev–Trinajstić information content (AvgIpc) is 2.89. The van der Waals surface area contributed by atoms with E-state index in [2.05, 4.69) is 12.2 Å². The molecule has 0 bridgehead atoms. The first kappa shape index (κ1) is 15.4. The van der Waals surface area contributed by atoms with Crippen molar-refractivity contribution in [2.75, 3.05) is 18.5 Å². The lowest BCUT2D eigenvalue weighted by Crippen LogP contribution is -2.40. The number of carbonyl (C=O) groups is 2. The van der Waals surface area contributed by atoms with Crippen LogP contribution in [0, 0.1) is 11.8 Å². The molecule has 2 atom stereocenters. The Labute approximate surface area is 125 Å². The molecule has 5 heteroatoms. The SMILES string of the molecule is CC1CCCC1CNC(=O)N(C)c1ccccc1C(=O)O. The minimum atomic E-state index is -1.03. The van der Waals surface area contributed by atoms with Crippen LogP contribution in [0.25, 0.3) is 0 Å². The molecule has 21 heavy (non-hydrogen) atoms. The predicted molar refractivity (Wildman–Crippen MR) is 81.7 cm³/mol. The summed E-state index contributed by atoms with van der Waals surface area (Å²) in [6.45, 7) is 2.87. The molecule has 0 radical (unpaired) electrons. The number of para-hydroxylation sites is 1. The molecule has 2 N–H and O–H groups in total. The van der Waals surface area contributed by atoms with Crippen molar-refractivity contribution in [2.45, 2.75) is 26.2 Å². The summed E-state index contributed by atoms with van der Waals surface area (Å²) in [7, 11) is 1.59. The molecule has 0 heterocycles. The maximum Gasteiger partial charge on any atom is 0.337 e. The quantitative estimate of drug-likeness (QED) is 0.895. The largest absolute Gasteiger partial charge is 0.478 e. The van der Waals surface area contributed by atoms with Crippen molar-refractivity contribution >= 4 is 17.7 Å². The van der Waals surface area contributed by atoms with Gasteiger partial charge in [0.25, 0.3) is 0 Å². The van der Waals surface area contributed by atoms with Crippen molar-refractivity contribution in [1.82, 2.24) is 5.32 Å². The summed E-state index contributed by atoms with van der Waals surface area (Å²) < 4.78 is 0. The topological polar surface area (TPSA) is 69.6 Å². The zero-order chi connectivity index (χ0) is 15.4. The van der Waals surface area contributed by atoms with Gasteiger partial charge in [-0.2, -0.15) is 0 Å². The third-order valence-corrected chi connectivity index (χ3v) is 4.36. The van der Waals surface area contributed by atoms with Crippen LogP contribution in [0.3, 0.4) is 0 Å². The van der Waals surface area contributed by atoms with Crippen LogP contribution < -0.4 is 10.2 Å². The van der Waals surface area contributed by atoms with Crippen molar-refractivity contribution in [1.29, 1.82) is 0 Å². The molecule has 2 unspecified atom stereocenters. The zero-order valence-corrected chi connectivity index (χ0v) is 12.5. The summed E-state index contributed by atoms with van der Waals surface area (Å²) in [5.74, 6) is 0.133. The molecule has 0 saturated heterocycles. The Balaban J connectivity index is 2.01. The molecule has 1 aromatic rings. The molecule has 2 rings (SSSR count). The fraction of sp³-hybridized carbons (Fsp3) is 0.500. The lowest BCUT2D eigenvalue weighted by Gasteiger charge is -2.22. The van der Waals surface area contributed by atoms with Crippen LogP contribution in [0.15, 0.2) is 24.3 Å². The summed E-state index contributed by atoms with van der Waals surface area (Å²) in [6, 6.07) is 6.26. The molecule has 0 spiro atoms. The van der Waals surface area contributed by atoms with Crippen LogP contribution in [0.1, 0.15) is 36.5 Å². The summed E-state index contributed by atoms with van der Waals surface area (Å²) in [5, 5.41) is 12.1. The Morgan fingerprint density at radius 2 is 2.05 bits per heavy atom. The number of nitrogens with one attached hydrogen (secondary N) is 1. The van der Waals surface area contributed by atoms with Crippen molar-refractivity contribution in [3.8, 4) is 0 Å². The van der Waals surface area contributed by atoms with Crippen molar-refractivity contribution in [3.63, 3.8) is 0 Å². The summed E-state index contributed by atoms with van der Waals surface area (Å²) in [6.07, 6.45) is 3.59. The summed E-state index contributed by atoms with van der Waals surface area (Å²) in [5.41, 5.74) is 0.534. The third-order valence-electron chi connectivity index (χ3n) is 4.36. The number of carboxylic acids is 1. The van der Waals surface area contributed by atoms with E-state index in [-0.39, 0.29) is 11.6 Å². The fourth-order valence-corrected chi connectivity index (χ4v) is 2.92. The highest BCUT2D eigenvalue weighted by Gasteiger charge is 2.24. The molecule has 1 saturated carbocycles. The first-order chi connectivity index (χ1) is 10.0. The number of rotatable bonds is 4. The van der Waals surface area contributed by atoms with Crippen LogP contribution in [-0.4, -0.2) is 30.7 Å². The molecule has 114 valence electrons. The van der Waals surface area contributed by atoms with Gasteiger partial charge in [-0.25, -0.2) is 9.59 Å². The number of amides is 2. The van der Waals surface area contributed by atoms with E-state index in [4.69, 9.17) is 0 Å². The second-order valence-electron chi connectivity index (χ2n) is 5.74. The minimum absolute atomic E-state index is 0.129. The number of hydrogen-bond donors (Lipinski definition) is 2. The third kappa shape index (κ3) is 3.54. The molecule has 2 amide bonds. The number of carboxylic acid groups (broad SMARTS) is 1. The highest BCUT2D eigenvalue weighted by atomic mass is 16.4. The Kier molecular flexibility index (Phi) is 4.83. The number of benzene rings is 1. The first-order valence-electron chi connectivity index (χ1n) is 7.34. The summed E-state index contributed by atoms with van der Waals surface area (Å²) in [4.78, 5) is 24.8. The molecule has 1 fully saturated rings. The van der Waals surface area contributed by atoms with Gasteiger partial charge >= 0.3 is 12.0 Å². The van der Waals surface area contributed by atoms with Gasteiger partial charge in [0.15, 0.2) is 0 Å². The standard InChI is InChI=1S/C16H22N2O3/c1-11-6-5-7-12(11)10-17-16(21)18(2)14-9-4-3-8-13(14)15(19)20/h3-4,8-9,11-12H,5-7,10H2,1-2H3,(H,17,21)(H,19,20).